The first-order valence-corrected chi connectivity index (χ1v) is 12.6. The third-order valence-electron chi connectivity index (χ3n) is 7.07. The number of carbonyl (C=O) groups excluding carboxylic acids is 1. The van der Waals surface area contributed by atoms with Crippen LogP contribution < -0.4 is 20.4 Å². The number of piperazine rings is 1. The second-order valence-corrected chi connectivity index (χ2v) is 9.54. The van der Waals surface area contributed by atoms with E-state index in [-0.39, 0.29) is 5.91 Å². The summed E-state index contributed by atoms with van der Waals surface area (Å²) >= 11 is 0. The molecule has 1 aliphatic carbocycles. The molecule has 5 heteroatoms. The van der Waals surface area contributed by atoms with Crippen LogP contribution in [-0.2, 0) is 11.3 Å². The molecule has 4 N–H and O–H groups in total. The largest absolute Gasteiger partial charge is 0.360 e. The number of hydrogen-bond donors (Lipinski definition) is 3. The van der Waals surface area contributed by atoms with Gasteiger partial charge < -0.3 is 20.4 Å². The summed E-state index contributed by atoms with van der Waals surface area (Å²) in [5.74, 6) is 0.109. The van der Waals surface area contributed by atoms with Crippen LogP contribution in [0.5, 0.6) is 0 Å². The summed E-state index contributed by atoms with van der Waals surface area (Å²) in [6, 6.07) is 19.8. The molecule has 1 saturated heterocycles. The van der Waals surface area contributed by atoms with Crippen molar-refractivity contribution in [3.05, 3.63) is 60.2 Å². The van der Waals surface area contributed by atoms with Gasteiger partial charge in [0.15, 0.2) is 6.54 Å². The Labute approximate surface area is 193 Å². The van der Waals surface area contributed by atoms with Crippen LogP contribution in [0.4, 0.5) is 11.4 Å². The second-order valence-electron chi connectivity index (χ2n) is 9.54. The number of carbonyl (C=O) groups is 1. The van der Waals surface area contributed by atoms with E-state index in [1.54, 1.807) is 4.90 Å². The molecule has 1 heterocycles. The number of amides is 1. The Morgan fingerprint density at radius 1 is 0.906 bits per heavy atom. The van der Waals surface area contributed by atoms with Gasteiger partial charge in [0, 0.05) is 16.9 Å². The van der Waals surface area contributed by atoms with Crippen LogP contribution in [0.2, 0.25) is 0 Å². The van der Waals surface area contributed by atoms with E-state index in [1.807, 2.05) is 12.1 Å². The number of nitrogens with zero attached hydrogens (tertiary/aromatic N) is 1. The fraction of sp³-hybridized carbons (Fsp3) is 0.519. The summed E-state index contributed by atoms with van der Waals surface area (Å²) in [6.07, 6.45) is 9.22. The number of benzene rings is 2. The van der Waals surface area contributed by atoms with Crippen molar-refractivity contribution in [2.75, 3.05) is 42.9 Å². The lowest BCUT2D eigenvalue weighted by Crippen LogP contribution is -3.13. The Bertz CT molecular complexity index is 807. The quantitative estimate of drug-likeness (QED) is 0.623. The summed E-state index contributed by atoms with van der Waals surface area (Å²) in [4.78, 5) is 16.5. The fourth-order valence-electron chi connectivity index (χ4n) is 5.11. The second kappa shape index (κ2) is 12.0. The van der Waals surface area contributed by atoms with Gasteiger partial charge in [-0.2, -0.15) is 0 Å². The molecule has 2 aromatic rings. The molecular weight excluding hydrogens is 396 g/mol. The van der Waals surface area contributed by atoms with Crippen LogP contribution in [0.15, 0.2) is 54.6 Å². The predicted molar refractivity (Wildman–Crippen MR) is 131 cm³/mol. The maximum absolute atomic E-state index is 12.4. The average molecular weight is 437 g/mol. The maximum Gasteiger partial charge on any atom is 0.279 e. The Hall–Kier alpha value is -2.37. The van der Waals surface area contributed by atoms with E-state index in [1.165, 1.54) is 56.2 Å². The molecular formula is C27H40N4O+2. The van der Waals surface area contributed by atoms with Crippen molar-refractivity contribution in [2.45, 2.75) is 57.5 Å². The van der Waals surface area contributed by atoms with E-state index in [2.05, 4.69) is 58.0 Å². The van der Waals surface area contributed by atoms with E-state index in [0.717, 1.165) is 38.4 Å². The van der Waals surface area contributed by atoms with Gasteiger partial charge in [0.2, 0.25) is 0 Å². The molecule has 0 radical (unpaired) electrons. The maximum atomic E-state index is 12.4. The Balaban J connectivity index is 1.19. The standard InChI is InChI=1S/C27H38N4O/c32-27(21-28-24-11-7-2-1-3-8-12-24)29-25-13-15-26(16-14-25)31-19-17-30(18-20-31)22-23-9-5-4-6-10-23/h4-6,9-10,13-16,24,28H,1-3,7-8,11-12,17-22H2,(H,29,32)/p+2. The average Bonchev–Trinajstić information content (AvgIpc) is 2.80. The minimum atomic E-state index is 0.109. The topological polar surface area (TPSA) is 53.4 Å². The van der Waals surface area contributed by atoms with Gasteiger partial charge in [-0.3, -0.25) is 4.79 Å². The van der Waals surface area contributed by atoms with Crippen molar-refractivity contribution in [1.29, 1.82) is 0 Å². The SMILES string of the molecule is O=C(C[NH2+]C1CCCCCCC1)Nc1ccc(N2CC[NH+](Cc3ccccc3)CC2)cc1. The molecule has 5 nitrogen and oxygen atoms in total. The molecule has 0 atom stereocenters. The first-order chi connectivity index (χ1) is 15.8. The van der Waals surface area contributed by atoms with Gasteiger partial charge >= 0.3 is 0 Å². The lowest BCUT2D eigenvalue weighted by Gasteiger charge is -2.33. The highest BCUT2D eigenvalue weighted by Crippen LogP contribution is 2.18. The molecule has 2 fully saturated rings. The molecule has 32 heavy (non-hydrogen) atoms. The van der Waals surface area contributed by atoms with E-state index < -0.39 is 0 Å². The van der Waals surface area contributed by atoms with Gasteiger partial charge in [0.05, 0.1) is 32.2 Å². The molecule has 0 spiro atoms. The van der Waals surface area contributed by atoms with E-state index in [9.17, 15) is 4.79 Å². The third kappa shape index (κ3) is 7.07. The van der Waals surface area contributed by atoms with Crippen LogP contribution in [0.3, 0.4) is 0 Å². The minimum Gasteiger partial charge on any atom is -0.360 e. The molecule has 0 aromatic heterocycles. The molecule has 4 rings (SSSR count). The summed E-state index contributed by atoms with van der Waals surface area (Å²) in [5.41, 5.74) is 3.57. The zero-order valence-electron chi connectivity index (χ0n) is 19.4. The van der Waals surface area contributed by atoms with Gasteiger partial charge in [0.25, 0.3) is 5.91 Å². The van der Waals surface area contributed by atoms with Gasteiger partial charge in [-0.05, 0) is 49.9 Å². The number of nitrogens with two attached hydrogens (primary N) is 1. The summed E-state index contributed by atoms with van der Waals surface area (Å²) in [7, 11) is 0. The molecule has 172 valence electrons. The van der Waals surface area contributed by atoms with Crippen molar-refractivity contribution >= 4 is 17.3 Å². The molecule has 0 bridgehead atoms. The summed E-state index contributed by atoms with van der Waals surface area (Å²) in [6.45, 7) is 6.10. The predicted octanol–water partition coefficient (Wildman–Crippen LogP) is 2.21. The highest BCUT2D eigenvalue weighted by atomic mass is 16.1. The number of hydrogen-bond acceptors (Lipinski definition) is 2. The van der Waals surface area contributed by atoms with Crippen LogP contribution in [-0.4, -0.2) is 44.7 Å². The highest BCUT2D eigenvalue weighted by Gasteiger charge is 2.20. The van der Waals surface area contributed by atoms with Gasteiger partial charge in [0.1, 0.15) is 6.54 Å². The van der Waals surface area contributed by atoms with Crippen LogP contribution in [0, 0.1) is 0 Å². The zero-order chi connectivity index (χ0) is 22.0. The van der Waals surface area contributed by atoms with Crippen molar-refractivity contribution in [3.8, 4) is 0 Å². The van der Waals surface area contributed by atoms with Crippen molar-refractivity contribution in [2.24, 2.45) is 0 Å². The molecule has 0 unspecified atom stereocenters. The lowest BCUT2D eigenvalue weighted by atomic mass is 9.97. The number of quaternary nitrogens is 2. The first-order valence-electron chi connectivity index (χ1n) is 12.6. The Kier molecular flexibility index (Phi) is 8.57. The van der Waals surface area contributed by atoms with E-state index >= 15 is 0 Å². The normalized spacial score (nSPS) is 18.7. The first kappa shape index (κ1) is 22.8. The van der Waals surface area contributed by atoms with E-state index in [4.69, 9.17) is 0 Å². The molecule has 1 aliphatic heterocycles. The van der Waals surface area contributed by atoms with Crippen molar-refractivity contribution in [1.82, 2.24) is 0 Å². The molecule has 1 saturated carbocycles. The monoisotopic (exact) mass is 436 g/mol. The highest BCUT2D eigenvalue weighted by molar-refractivity contribution is 5.91. The zero-order valence-corrected chi connectivity index (χ0v) is 19.4. The fourth-order valence-corrected chi connectivity index (χ4v) is 5.11. The third-order valence-corrected chi connectivity index (χ3v) is 7.07. The van der Waals surface area contributed by atoms with E-state index in [0.29, 0.717) is 12.6 Å². The smallest absolute Gasteiger partial charge is 0.279 e. The van der Waals surface area contributed by atoms with Crippen molar-refractivity contribution < 1.29 is 15.0 Å². The minimum absolute atomic E-state index is 0.109. The molecule has 1 amide bonds. The number of nitrogens with one attached hydrogen (secondary N) is 2. The van der Waals surface area contributed by atoms with Crippen LogP contribution in [0.1, 0.15) is 50.5 Å². The summed E-state index contributed by atoms with van der Waals surface area (Å²) in [5, 5.41) is 5.34. The summed E-state index contributed by atoms with van der Waals surface area (Å²) < 4.78 is 0. The Morgan fingerprint density at radius 3 is 2.25 bits per heavy atom. The van der Waals surface area contributed by atoms with Gasteiger partial charge in [-0.1, -0.05) is 49.6 Å². The number of rotatable bonds is 7. The van der Waals surface area contributed by atoms with Gasteiger partial charge in [-0.15, -0.1) is 0 Å². The Morgan fingerprint density at radius 2 is 1.56 bits per heavy atom. The molecule has 2 aliphatic rings. The number of anilines is 2. The van der Waals surface area contributed by atoms with Crippen molar-refractivity contribution in [3.63, 3.8) is 0 Å². The molecule has 2 aromatic carbocycles. The van der Waals surface area contributed by atoms with Gasteiger partial charge in [-0.25, -0.2) is 0 Å². The lowest BCUT2D eigenvalue weighted by molar-refractivity contribution is -0.914. The van der Waals surface area contributed by atoms with Crippen LogP contribution in [0.25, 0.3) is 0 Å². The van der Waals surface area contributed by atoms with Crippen LogP contribution >= 0.6 is 0 Å².